The van der Waals surface area contributed by atoms with Crippen molar-refractivity contribution in [3.63, 3.8) is 0 Å². The van der Waals surface area contributed by atoms with Crippen molar-refractivity contribution < 1.29 is 9.90 Å². The van der Waals surface area contributed by atoms with Gasteiger partial charge in [0.1, 0.15) is 5.35 Å². The topological polar surface area (TPSA) is 80.0 Å². The van der Waals surface area contributed by atoms with Crippen LogP contribution in [0.15, 0.2) is 36.1 Å². The second-order valence-corrected chi connectivity index (χ2v) is 4.89. The van der Waals surface area contributed by atoms with Crippen molar-refractivity contribution in [3.8, 4) is 0 Å². The number of amides is 1. The highest BCUT2D eigenvalue weighted by Gasteiger charge is 2.08. The number of hydrogen-bond acceptors (Lipinski definition) is 4. The number of nitrogens with one attached hydrogen (secondary N) is 1. The van der Waals surface area contributed by atoms with Gasteiger partial charge in [-0.25, -0.2) is 4.79 Å². The Morgan fingerprint density at radius 2 is 2.18 bits per heavy atom. The predicted molar refractivity (Wildman–Crippen MR) is 84.5 cm³/mol. The van der Waals surface area contributed by atoms with Gasteiger partial charge < -0.3 is 10.4 Å². The number of carbonyl (C=O) groups is 1. The first-order valence-corrected chi connectivity index (χ1v) is 6.80. The average Bonchev–Trinajstić information content (AvgIpc) is 2.85. The molecule has 0 unspecified atom stereocenters. The van der Waals surface area contributed by atoms with E-state index in [1.165, 1.54) is 6.08 Å². The molecule has 1 amide bonds. The van der Waals surface area contributed by atoms with Crippen molar-refractivity contribution in [3.05, 3.63) is 57.9 Å². The lowest BCUT2D eigenvalue weighted by Crippen LogP contribution is -2.38. The number of hydrogen-bond donors (Lipinski definition) is 2. The normalized spacial score (nSPS) is 12.5. The van der Waals surface area contributed by atoms with Crippen molar-refractivity contribution in [2.75, 3.05) is 0 Å². The van der Waals surface area contributed by atoms with Crippen LogP contribution in [0.1, 0.15) is 18.1 Å². The summed E-state index contributed by atoms with van der Waals surface area (Å²) in [6.45, 7) is 7.72. The van der Waals surface area contributed by atoms with E-state index in [0.717, 1.165) is 15.8 Å². The molecule has 0 aliphatic rings. The molecule has 0 bridgehead atoms. The SMILES string of the molecule is C=c1/c(=C\C=C(/C)O)nnn1C(=O)NCc1ccccc1C. The molecule has 0 radical (unpaired) electrons. The van der Waals surface area contributed by atoms with E-state index in [1.54, 1.807) is 13.0 Å². The van der Waals surface area contributed by atoms with Gasteiger partial charge in [-0.1, -0.05) is 36.1 Å². The summed E-state index contributed by atoms with van der Waals surface area (Å²) in [5, 5.41) is 20.3. The van der Waals surface area contributed by atoms with Crippen LogP contribution < -0.4 is 16.0 Å². The van der Waals surface area contributed by atoms with Crippen molar-refractivity contribution in [1.29, 1.82) is 0 Å². The van der Waals surface area contributed by atoms with E-state index < -0.39 is 6.03 Å². The maximum atomic E-state index is 12.1. The highest BCUT2D eigenvalue weighted by Crippen LogP contribution is 2.05. The highest BCUT2D eigenvalue weighted by atomic mass is 16.3. The van der Waals surface area contributed by atoms with Gasteiger partial charge in [0.05, 0.1) is 11.1 Å². The van der Waals surface area contributed by atoms with Gasteiger partial charge in [-0.05, 0) is 37.1 Å². The molecular weight excluding hydrogens is 280 g/mol. The van der Waals surface area contributed by atoms with Gasteiger partial charge in [-0.3, -0.25) is 0 Å². The molecule has 2 rings (SSSR count). The maximum absolute atomic E-state index is 12.1. The van der Waals surface area contributed by atoms with Crippen LogP contribution in [0.25, 0.3) is 12.7 Å². The van der Waals surface area contributed by atoms with Gasteiger partial charge in [-0.15, -0.1) is 5.10 Å². The lowest BCUT2D eigenvalue weighted by Gasteiger charge is -2.07. The minimum atomic E-state index is -0.398. The van der Waals surface area contributed by atoms with Crippen LogP contribution in [0.5, 0.6) is 0 Å². The predicted octanol–water partition coefficient (Wildman–Crippen LogP) is 0.997. The van der Waals surface area contributed by atoms with Gasteiger partial charge in [0.25, 0.3) is 0 Å². The van der Waals surface area contributed by atoms with Crippen LogP contribution in [0.2, 0.25) is 0 Å². The molecule has 1 aromatic heterocycles. The van der Waals surface area contributed by atoms with E-state index in [4.69, 9.17) is 5.11 Å². The Balaban J connectivity index is 2.15. The van der Waals surface area contributed by atoms with Crippen molar-refractivity contribution in [2.45, 2.75) is 20.4 Å². The summed E-state index contributed by atoms with van der Waals surface area (Å²) >= 11 is 0. The fraction of sp³-hybridized carbons (Fsp3) is 0.188. The first kappa shape index (κ1) is 15.5. The first-order chi connectivity index (χ1) is 10.5. The molecule has 0 fully saturated rings. The van der Waals surface area contributed by atoms with E-state index in [1.807, 2.05) is 31.2 Å². The Morgan fingerprint density at radius 1 is 1.45 bits per heavy atom. The number of aliphatic hydroxyl groups excluding tert-OH is 1. The van der Waals surface area contributed by atoms with Crippen LogP contribution in [-0.2, 0) is 6.54 Å². The van der Waals surface area contributed by atoms with Crippen LogP contribution >= 0.6 is 0 Å². The van der Waals surface area contributed by atoms with E-state index in [-0.39, 0.29) is 5.76 Å². The molecule has 0 aliphatic heterocycles. The molecule has 1 heterocycles. The lowest BCUT2D eigenvalue weighted by molar-refractivity contribution is 0.238. The van der Waals surface area contributed by atoms with Crippen LogP contribution in [0.4, 0.5) is 4.79 Å². The molecule has 2 aromatic rings. The Labute approximate surface area is 128 Å². The van der Waals surface area contributed by atoms with Crippen molar-refractivity contribution in [1.82, 2.24) is 20.3 Å². The third-order valence-electron chi connectivity index (χ3n) is 3.16. The van der Waals surface area contributed by atoms with Gasteiger partial charge in [0.15, 0.2) is 0 Å². The van der Waals surface area contributed by atoms with E-state index in [0.29, 0.717) is 17.2 Å². The molecule has 0 spiro atoms. The van der Waals surface area contributed by atoms with Gasteiger partial charge >= 0.3 is 6.03 Å². The maximum Gasteiger partial charge on any atom is 0.344 e. The number of aliphatic hydroxyl groups is 1. The average molecular weight is 298 g/mol. The third kappa shape index (κ3) is 3.60. The number of aryl methyl sites for hydroxylation is 1. The van der Waals surface area contributed by atoms with Gasteiger partial charge in [-0.2, -0.15) is 4.68 Å². The number of carbonyl (C=O) groups excluding carboxylic acids is 1. The molecule has 2 N–H and O–H groups in total. The lowest BCUT2D eigenvalue weighted by atomic mass is 10.1. The number of rotatable bonds is 3. The largest absolute Gasteiger partial charge is 0.513 e. The standard InChI is InChI=1S/C16H18N4O2/c1-11-6-4-5-7-14(11)10-17-16(22)20-13(3)15(18-19-20)9-8-12(2)21/h4-9,21H,3,10H2,1-2H3,(H,17,22)/b12-8+,15-9+. The first-order valence-electron chi connectivity index (χ1n) is 6.80. The Bertz CT molecular complexity index is 817. The molecule has 114 valence electrons. The minimum absolute atomic E-state index is 0.137. The summed E-state index contributed by atoms with van der Waals surface area (Å²) in [7, 11) is 0. The summed E-state index contributed by atoms with van der Waals surface area (Å²) in [5.74, 6) is 0.137. The summed E-state index contributed by atoms with van der Waals surface area (Å²) in [5.41, 5.74) is 2.14. The van der Waals surface area contributed by atoms with Crippen LogP contribution in [0.3, 0.4) is 0 Å². The third-order valence-corrected chi connectivity index (χ3v) is 3.16. The van der Waals surface area contributed by atoms with Crippen molar-refractivity contribution in [2.24, 2.45) is 0 Å². The fourth-order valence-electron chi connectivity index (χ4n) is 1.86. The summed E-state index contributed by atoms with van der Waals surface area (Å²) in [6, 6.07) is 7.42. The van der Waals surface area contributed by atoms with E-state index in [2.05, 4.69) is 22.2 Å². The zero-order chi connectivity index (χ0) is 16.1. The fourth-order valence-corrected chi connectivity index (χ4v) is 1.86. The number of allylic oxidation sites excluding steroid dienone is 2. The van der Waals surface area contributed by atoms with Crippen LogP contribution in [-0.4, -0.2) is 26.1 Å². The monoisotopic (exact) mass is 298 g/mol. The quantitative estimate of drug-likeness (QED) is 0.828. The number of nitrogens with zero attached hydrogens (tertiary/aromatic N) is 3. The molecule has 6 nitrogen and oxygen atoms in total. The Kier molecular flexibility index (Phi) is 4.73. The molecule has 6 heteroatoms. The molecule has 1 aromatic carbocycles. The summed E-state index contributed by atoms with van der Waals surface area (Å²) < 4.78 is 1.10. The van der Waals surface area contributed by atoms with Gasteiger partial charge in [0.2, 0.25) is 0 Å². The van der Waals surface area contributed by atoms with Gasteiger partial charge in [0, 0.05) is 6.54 Å². The minimum Gasteiger partial charge on any atom is -0.513 e. The number of aromatic nitrogens is 3. The Morgan fingerprint density at radius 3 is 2.86 bits per heavy atom. The van der Waals surface area contributed by atoms with Crippen LogP contribution in [0, 0.1) is 6.92 Å². The summed E-state index contributed by atoms with van der Waals surface area (Å²) in [4.78, 5) is 12.1. The molecule has 0 aliphatic carbocycles. The molecule has 22 heavy (non-hydrogen) atoms. The summed E-state index contributed by atoms with van der Waals surface area (Å²) in [6.07, 6.45) is 3.02. The van der Waals surface area contributed by atoms with E-state index >= 15 is 0 Å². The smallest absolute Gasteiger partial charge is 0.344 e. The number of benzene rings is 1. The molecule has 0 saturated heterocycles. The van der Waals surface area contributed by atoms with Crippen molar-refractivity contribution >= 4 is 18.7 Å². The highest BCUT2D eigenvalue weighted by molar-refractivity contribution is 5.75. The molecule has 0 atom stereocenters. The zero-order valence-electron chi connectivity index (χ0n) is 12.6. The zero-order valence-corrected chi connectivity index (χ0v) is 12.6. The second kappa shape index (κ2) is 6.71. The van der Waals surface area contributed by atoms with E-state index in [9.17, 15) is 4.79 Å². The molecule has 0 saturated carbocycles. The second-order valence-electron chi connectivity index (χ2n) is 4.89. The Hall–Kier alpha value is -2.89. The molecular formula is C16H18N4O2.